The van der Waals surface area contributed by atoms with Crippen LogP contribution in [-0.4, -0.2) is 10.9 Å². The first-order valence-electron chi connectivity index (χ1n) is 4.95. The molecule has 0 aliphatic heterocycles. The molecule has 0 unspecified atom stereocenters. The minimum atomic E-state index is -0.369. The van der Waals surface area contributed by atoms with Crippen LogP contribution in [-0.2, 0) is 0 Å². The first-order valence-corrected chi connectivity index (χ1v) is 6.08. The van der Waals surface area contributed by atoms with Gasteiger partial charge in [0, 0.05) is 10.7 Å². The molecule has 0 aliphatic rings. The van der Waals surface area contributed by atoms with Gasteiger partial charge in [-0.25, -0.2) is 4.98 Å². The van der Waals surface area contributed by atoms with E-state index < -0.39 is 0 Å². The number of benzene rings is 1. The van der Waals surface area contributed by atoms with Crippen molar-refractivity contribution in [3.05, 3.63) is 57.3 Å². The lowest BCUT2D eigenvalue weighted by atomic mass is 10.2. The highest BCUT2D eigenvalue weighted by Gasteiger charge is 2.12. The summed E-state index contributed by atoms with van der Waals surface area (Å²) in [5.74, 6) is -0.369. The fourth-order valence-corrected chi connectivity index (χ4v) is 1.97. The topological polar surface area (TPSA) is 42.0 Å². The van der Waals surface area contributed by atoms with Crippen molar-refractivity contribution in [2.24, 2.45) is 0 Å². The molecule has 18 heavy (non-hydrogen) atoms. The Morgan fingerprint density at radius 3 is 2.56 bits per heavy atom. The van der Waals surface area contributed by atoms with Crippen LogP contribution in [0, 0.1) is 0 Å². The molecule has 0 radical (unpaired) electrons. The van der Waals surface area contributed by atoms with Gasteiger partial charge in [-0.05, 0) is 30.3 Å². The van der Waals surface area contributed by atoms with Gasteiger partial charge >= 0.3 is 0 Å². The summed E-state index contributed by atoms with van der Waals surface area (Å²) in [7, 11) is 0. The third-order valence-electron chi connectivity index (χ3n) is 2.14. The van der Waals surface area contributed by atoms with Crippen LogP contribution in [0.15, 0.2) is 36.4 Å². The second-order valence-corrected chi connectivity index (χ2v) is 4.62. The highest BCUT2D eigenvalue weighted by Crippen LogP contribution is 2.20. The maximum absolute atomic E-state index is 11.9. The Morgan fingerprint density at radius 2 is 1.89 bits per heavy atom. The van der Waals surface area contributed by atoms with E-state index in [1.165, 1.54) is 12.1 Å². The van der Waals surface area contributed by atoms with E-state index in [2.05, 4.69) is 10.3 Å². The molecule has 0 fully saturated rings. The lowest BCUT2D eigenvalue weighted by molar-refractivity contribution is 0.102. The number of aromatic nitrogens is 1. The van der Waals surface area contributed by atoms with Gasteiger partial charge in [-0.1, -0.05) is 40.9 Å². The van der Waals surface area contributed by atoms with Crippen molar-refractivity contribution >= 4 is 46.4 Å². The van der Waals surface area contributed by atoms with Crippen LogP contribution in [0.5, 0.6) is 0 Å². The number of nitrogens with one attached hydrogen (secondary N) is 1. The van der Waals surface area contributed by atoms with Crippen LogP contribution in [0.3, 0.4) is 0 Å². The van der Waals surface area contributed by atoms with Gasteiger partial charge in [-0.2, -0.15) is 0 Å². The van der Waals surface area contributed by atoms with Gasteiger partial charge < -0.3 is 5.32 Å². The third kappa shape index (κ3) is 3.13. The number of carbonyl (C=O) groups excluding carboxylic acids is 1. The van der Waals surface area contributed by atoms with Crippen molar-refractivity contribution in [3.8, 4) is 0 Å². The maximum atomic E-state index is 11.9. The van der Waals surface area contributed by atoms with Gasteiger partial charge in [-0.15, -0.1) is 0 Å². The van der Waals surface area contributed by atoms with Crippen LogP contribution in [0.1, 0.15) is 10.4 Å². The molecular weight excluding hydrogens is 295 g/mol. The lowest BCUT2D eigenvalue weighted by Gasteiger charge is -2.06. The fourth-order valence-electron chi connectivity index (χ4n) is 1.35. The minimum Gasteiger partial charge on any atom is -0.322 e. The number of hydrogen-bond acceptors (Lipinski definition) is 2. The summed E-state index contributed by atoms with van der Waals surface area (Å²) in [6.07, 6.45) is 0. The molecule has 6 heteroatoms. The van der Waals surface area contributed by atoms with E-state index >= 15 is 0 Å². The highest BCUT2D eigenvalue weighted by atomic mass is 35.5. The standard InChI is InChI=1S/C12H7Cl3N2O/c13-7-2-1-3-8(6-7)16-12(18)9-4-5-10(14)17-11(9)15/h1-6H,(H,16,18). The molecule has 1 N–H and O–H groups in total. The summed E-state index contributed by atoms with van der Waals surface area (Å²) in [6.45, 7) is 0. The predicted octanol–water partition coefficient (Wildman–Crippen LogP) is 4.29. The predicted molar refractivity (Wildman–Crippen MR) is 73.7 cm³/mol. The summed E-state index contributed by atoms with van der Waals surface area (Å²) in [6, 6.07) is 9.82. The number of anilines is 1. The maximum Gasteiger partial charge on any atom is 0.258 e. The molecule has 1 aromatic heterocycles. The zero-order valence-electron chi connectivity index (χ0n) is 8.95. The van der Waals surface area contributed by atoms with Crippen molar-refractivity contribution in [1.29, 1.82) is 0 Å². The number of pyridine rings is 1. The van der Waals surface area contributed by atoms with E-state index in [0.717, 1.165) is 0 Å². The van der Waals surface area contributed by atoms with Gasteiger partial charge in [0.05, 0.1) is 5.56 Å². The SMILES string of the molecule is O=C(Nc1cccc(Cl)c1)c1ccc(Cl)nc1Cl. The van der Waals surface area contributed by atoms with Crippen LogP contribution < -0.4 is 5.32 Å². The number of halogens is 3. The number of hydrogen-bond donors (Lipinski definition) is 1. The number of rotatable bonds is 2. The second-order valence-electron chi connectivity index (χ2n) is 3.44. The van der Waals surface area contributed by atoms with Crippen LogP contribution >= 0.6 is 34.8 Å². The fraction of sp³-hybridized carbons (Fsp3) is 0. The van der Waals surface area contributed by atoms with Crippen molar-refractivity contribution in [1.82, 2.24) is 4.98 Å². The Morgan fingerprint density at radius 1 is 1.11 bits per heavy atom. The summed E-state index contributed by atoms with van der Waals surface area (Å²) >= 11 is 17.3. The molecular formula is C12H7Cl3N2O. The lowest BCUT2D eigenvalue weighted by Crippen LogP contribution is -2.12. The number of carbonyl (C=O) groups is 1. The molecule has 0 aliphatic carbocycles. The molecule has 1 heterocycles. The smallest absolute Gasteiger partial charge is 0.258 e. The quantitative estimate of drug-likeness (QED) is 0.841. The van der Waals surface area contributed by atoms with Crippen molar-refractivity contribution < 1.29 is 4.79 Å². The molecule has 92 valence electrons. The molecule has 0 bridgehead atoms. The molecule has 0 saturated heterocycles. The van der Waals surface area contributed by atoms with Crippen molar-refractivity contribution in [2.45, 2.75) is 0 Å². The van der Waals surface area contributed by atoms with Crippen molar-refractivity contribution in [3.63, 3.8) is 0 Å². The van der Waals surface area contributed by atoms with Crippen molar-refractivity contribution in [2.75, 3.05) is 5.32 Å². The molecule has 1 aromatic carbocycles. The molecule has 0 atom stereocenters. The van der Waals surface area contributed by atoms with E-state index in [-0.39, 0.29) is 21.8 Å². The Bertz CT molecular complexity index is 602. The zero-order valence-corrected chi connectivity index (χ0v) is 11.2. The largest absolute Gasteiger partial charge is 0.322 e. The first kappa shape index (κ1) is 13.1. The molecule has 0 spiro atoms. The van der Waals surface area contributed by atoms with Gasteiger partial charge in [0.1, 0.15) is 10.3 Å². The average Bonchev–Trinajstić information content (AvgIpc) is 2.28. The Labute approximate surface area is 119 Å². The Kier molecular flexibility index (Phi) is 4.07. The monoisotopic (exact) mass is 300 g/mol. The third-order valence-corrected chi connectivity index (χ3v) is 2.88. The molecule has 2 rings (SSSR count). The van der Waals surface area contributed by atoms with Gasteiger partial charge in [0.25, 0.3) is 5.91 Å². The van der Waals surface area contributed by atoms with Gasteiger partial charge in [-0.3, -0.25) is 4.79 Å². The zero-order chi connectivity index (χ0) is 13.1. The molecule has 3 nitrogen and oxygen atoms in total. The summed E-state index contributed by atoms with van der Waals surface area (Å²) < 4.78 is 0. The van der Waals surface area contributed by atoms with E-state index in [1.807, 2.05) is 0 Å². The summed E-state index contributed by atoms with van der Waals surface area (Å²) in [5.41, 5.74) is 0.833. The van der Waals surface area contributed by atoms with E-state index in [1.54, 1.807) is 24.3 Å². The normalized spacial score (nSPS) is 10.2. The second kappa shape index (κ2) is 5.57. The van der Waals surface area contributed by atoms with Gasteiger partial charge in [0.15, 0.2) is 0 Å². The Hall–Kier alpha value is -1.29. The van der Waals surface area contributed by atoms with Crippen LogP contribution in [0.2, 0.25) is 15.3 Å². The van der Waals surface area contributed by atoms with Crippen LogP contribution in [0.4, 0.5) is 5.69 Å². The number of amides is 1. The minimum absolute atomic E-state index is 0.0574. The van der Waals surface area contributed by atoms with Crippen LogP contribution in [0.25, 0.3) is 0 Å². The van der Waals surface area contributed by atoms with E-state index in [9.17, 15) is 4.79 Å². The van der Waals surface area contributed by atoms with E-state index in [4.69, 9.17) is 34.8 Å². The average molecular weight is 302 g/mol. The summed E-state index contributed by atoms with van der Waals surface area (Å²) in [4.78, 5) is 15.7. The highest BCUT2D eigenvalue weighted by molar-refractivity contribution is 6.35. The molecule has 0 saturated carbocycles. The molecule has 2 aromatic rings. The number of nitrogens with zero attached hydrogens (tertiary/aromatic N) is 1. The first-order chi connectivity index (χ1) is 8.56. The van der Waals surface area contributed by atoms with Gasteiger partial charge in [0.2, 0.25) is 0 Å². The molecule has 1 amide bonds. The van der Waals surface area contributed by atoms with E-state index in [0.29, 0.717) is 10.7 Å². The summed E-state index contributed by atoms with van der Waals surface area (Å²) in [5, 5.41) is 3.50. The Balaban J connectivity index is 2.22.